The lowest BCUT2D eigenvalue weighted by molar-refractivity contribution is 0.125. The number of nitrogens with one attached hydrogen (secondary N) is 2. The Kier molecular flexibility index (Phi) is 9.12. The van der Waals surface area contributed by atoms with Gasteiger partial charge in [0, 0.05) is 46.3 Å². The van der Waals surface area contributed by atoms with Crippen LogP contribution in [0.3, 0.4) is 0 Å². The number of hydrogen-bond acceptors (Lipinski definition) is 4. The molecule has 1 fully saturated rings. The van der Waals surface area contributed by atoms with Crippen LogP contribution in [0.5, 0.6) is 0 Å². The maximum atomic E-state index is 14.7. The molecule has 7 heteroatoms. The molecule has 31 heavy (non-hydrogen) atoms. The minimum atomic E-state index is -0.165. The van der Waals surface area contributed by atoms with Crippen molar-refractivity contribution in [3.63, 3.8) is 0 Å². The average Bonchev–Trinajstić information content (AvgIpc) is 2.81. The summed E-state index contributed by atoms with van der Waals surface area (Å²) >= 11 is 0. The van der Waals surface area contributed by atoms with Crippen molar-refractivity contribution in [2.75, 3.05) is 57.8 Å². The molecular weight excluding hydrogens is 393 g/mol. The van der Waals surface area contributed by atoms with Crippen molar-refractivity contribution in [3.8, 4) is 0 Å². The van der Waals surface area contributed by atoms with Gasteiger partial charge in [0.2, 0.25) is 0 Å². The average molecular weight is 428 g/mol. The van der Waals surface area contributed by atoms with Crippen LogP contribution in [-0.4, -0.2) is 63.8 Å². The third kappa shape index (κ3) is 7.22. The van der Waals surface area contributed by atoms with Gasteiger partial charge in [-0.1, -0.05) is 43.3 Å². The van der Waals surface area contributed by atoms with E-state index in [1.807, 2.05) is 42.5 Å². The number of piperazine rings is 1. The van der Waals surface area contributed by atoms with E-state index >= 15 is 0 Å². The largest absolute Gasteiger partial charge is 0.375 e. The van der Waals surface area contributed by atoms with E-state index in [0.29, 0.717) is 38.0 Å². The van der Waals surface area contributed by atoms with Crippen LogP contribution in [0.25, 0.3) is 0 Å². The zero-order chi connectivity index (χ0) is 21.9. The van der Waals surface area contributed by atoms with E-state index in [9.17, 15) is 4.39 Å². The van der Waals surface area contributed by atoms with Crippen LogP contribution >= 0.6 is 0 Å². The van der Waals surface area contributed by atoms with Crippen molar-refractivity contribution >= 4 is 11.6 Å². The number of guanidine groups is 1. The fourth-order valence-corrected chi connectivity index (χ4v) is 3.63. The molecule has 6 nitrogen and oxygen atoms in total. The van der Waals surface area contributed by atoms with Gasteiger partial charge in [-0.2, -0.15) is 0 Å². The minimum absolute atomic E-state index is 0.165. The first-order valence-electron chi connectivity index (χ1n) is 11.0. The molecule has 0 saturated carbocycles. The highest BCUT2D eigenvalue weighted by atomic mass is 19.1. The van der Waals surface area contributed by atoms with Gasteiger partial charge in [-0.05, 0) is 29.8 Å². The first-order valence-corrected chi connectivity index (χ1v) is 11.0. The lowest BCUT2D eigenvalue weighted by atomic mass is 10.1. The molecule has 168 valence electrons. The third-order valence-electron chi connectivity index (χ3n) is 5.51. The second kappa shape index (κ2) is 12.3. The highest BCUT2D eigenvalue weighted by Gasteiger charge is 2.18. The van der Waals surface area contributed by atoms with Gasteiger partial charge in [-0.25, -0.2) is 4.39 Å². The number of likely N-dealkylation sites (N-methyl/N-ethyl adjacent to an activating group) is 1. The van der Waals surface area contributed by atoms with Gasteiger partial charge in [-0.3, -0.25) is 4.99 Å². The quantitative estimate of drug-likeness (QED) is 0.366. The van der Waals surface area contributed by atoms with Crippen molar-refractivity contribution in [1.29, 1.82) is 0 Å². The van der Waals surface area contributed by atoms with Crippen LogP contribution in [0, 0.1) is 5.82 Å². The summed E-state index contributed by atoms with van der Waals surface area (Å²) in [5, 5.41) is 6.45. The zero-order valence-corrected chi connectivity index (χ0v) is 18.6. The summed E-state index contributed by atoms with van der Waals surface area (Å²) in [7, 11) is 1.72. The summed E-state index contributed by atoms with van der Waals surface area (Å²) in [6.07, 6.45) is 0. The molecule has 1 heterocycles. The van der Waals surface area contributed by atoms with E-state index < -0.39 is 0 Å². The molecule has 1 aliphatic rings. The standard InChI is InChI=1S/C24H34FN5O/c1-3-29-12-14-30(15-13-29)23-10-9-21(17-22(23)25)18-28-24(26-2)27-11-16-31-19-20-7-5-4-6-8-20/h4-10,17H,3,11-16,18-19H2,1-2H3,(H2,26,27,28). The fraction of sp³-hybridized carbons (Fsp3) is 0.458. The minimum Gasteiger partial charge on any atom is -0.375 e. The smallest absolute Gasteiger partial charge is 0.191 e. The summed E-state index contributed by atoms with van der Waals surface area (Å²) in [4.78, 5) is 8.74. The van der Waals surface area contributed by atoms with Crippen molar-refractivity contribution in [1.82, 2.24) is 15.5 Å². The van der Waals surface area contributed by atoms with Crippen LogP contribution in [-0.2, 0) is 17.9 Å². The molecule has 0 bridgehead atoms. The number of nitrogens with zero attached hydrogens (tertiary/aromatic N) is 3. The molecule has 2 aromatic rings. The molecule has 1 saturated heterocycles. The van der Waals surface area contributed by atoms with E-state index in [1.54, 1.807) is 13.1 Å². The maximum absolute atomic E-state index is 14.7. The number of rotatable bonds is 9. The lowest BCUT2D eigenvalue weighted by Gasteiger charge is -2.35. The van der Waals surface area contributed by atoms with E-state index in [4.69, 9.17) is 4.74 Å². The number of ether oxygens (including phenoxy) is 1. The van der Waals surface area contributed by atoms with Gasteiger partial charge in [0.05, 0.1) is 18.9 Å². The summed E-state index contributed by atoms with van der Waals surface area (Å²) in [5.41, 5.74) is 2.73. The van der Waals surface area contributed by atoms with E-state index in [1.165, 1.54) is 0 Å². The predicted molar refractivity (Wildman–Crippen MR) is 125 cm³/mol. The van der Waals surface area contributed by atoms with Crippen LogP contribution in [0.15, 0.2) is 53.5 Å². The molecule has 0 spiro atoms. The lowest BCUT2D eigenvalue weighted by Crippen LogP contribution is -2.46. The second-order valence-electron chi connectivity index (χ2n) is 7.60. The van der Waals surface area contributed by atoms with Gasteiger partial charge in [0.15, 0.2) is 5.96 Å². The van der Waals surface area contributed by atoms with Crippen LogP contribution < -0.4 is 15.5 Å². The van der Waals surface area contributed by atoms with Gasteiger partial charge in [-0.15, -0.1) is 0 Å². The van der Waals surface area contributed by atoms with Gasteiger partial charge in [0.25, 0.3) is 0 Å². The molecular formula is C24H34FN5O. The second-order valence-corrected chi connectivity index (χ2v) is 7.60. The Morgan fingerprint density at radius 1 is 1.03 bits per heavy atom. The first-order chi connectivity index (χ1) is 15.2. The monoisotopic (exact) mass is 427 g/mol. The molecule has 2 N–H and O–H groups in total. The molecule has 2 aromatic carbocycles. The Labute approximate surface area is 185 Å². The normalized spacial score (nSPS) is 15.2. The Hall–Kier alpha value is -2.64. The van der Waals surface area contributed by atoms with Crippen molar-refractivity contribution in [3.05, 3.63) is 65.5 Å². The molecule has 0 aliphatic carbocycles. The summed E-state index contributed by atoms with van der Waals surface area (Å²) < 4.78 is 20.4. The summed E-state index contributed by atoms with van der Waals surface area (Å²) in [5.74, 6) is 0.505. The Morgan fingerprint density at radius 3 is 2.48 bits per heavy atom. The highest BCUT2D eigenvalue weighted by molar-refractivity contribution is 5.79. The zero-order valence-electron chi connectivity index (χ0n) is 18.6. The molecule has 0 atom stereocenters. The van der Waals surface area contributed by atoms with Gasteiger partial charge < -0.3 is 25.2 Å². The molecule has 0 unspecified atom stereocenters. The predicted octanol–water partition coefficient (Wildman–Crippen LogP) is 2.85. The molecule has 1 aliphatic heterocycles. The number of aliphatic imine (C=N–C) groups is 1. The Morgan fingerprint density at radius 2 is 1.81 bits per heavy atom. The number of halogens is 1. The first kappa shape index (κ1) is 23.0. The maximum Gasteiger partial charge on any atom is 0.191 e. The van der Waals surface area contributed by atoms with Crippen LogP contribution in [0.4, 0.5) is 10.1 Å². The van der Waals surface area contributed by atoms with Crippen LogP contribution in [0.2, 0.25) is 0 Å². The molecule has 0 amide bonds. The molecule has 0 aromatic heterocycles. The Bertz CT molecular complexity index is 822. The topological polar surface area (TPSA) is 52.1 Å². The number of benzene rings is 2. The Balaban J connectivity index is 1.39. The molecule has 0 radical (unpaired) electrons. The van der Waals surface area contributed by atoms with Crippen molar-refractivity contribution in [2.45, 2.75) is 20.1 Å². The fourth-order valence-electron chi connectivity index (χ4n) is 3.63. The third-order valence-corrected chi connectivity index (χ3v) is 5.51. The van der Waals surface area contributed by atoms with Crippen molar-refractivity contribution < 1.29 is 9.13 Å². The summed E-state index contributed by atoms with van der Waals surface area (Å²) in [6, 6.07) is 15.6. The highest BCUT2D eigenvalue weighted by Crippen LogP contribution is 2.22. The van der Waals surface area contributed by atoms with E-state index in [-0.39, 0.29) is 5.82 Å². The van der Waals surface area contributed by atoms with Gasteiger partial charge in [0.1, 0.15) is 5.82 Å². The number of hydrogen-bond donors (Lipinski definition) is 2. The molecule has 3 rings (SSSR count). The number of anilines is 1. The van der Waals surface area contributed by atoms with E-state index in [2.05, 4.69) is 32.3 Å². The van der Waals surface area contributed by atoms with Crippen molar-refractivity contribution in [2.24, 2.45) is 4.99 Å². The van der Waals surface area contributed by atoms with Crippen LogP contribution in [0.1, 0.15) is 18.1 Å². The van der Waals surface area contributed by atoms with Gasteiger partial charge >= 0.3 is 0 Å². The SMILES string of the molecule is CCN1CCN(c2ccc(CNC(=NC)NCCOCc3ccccc3)cc2F)CC1. The van der Waals surface area contributed by atoms with E-state index in [0.717, 1.165) is 43.9 Å². The summed E-state index contributed by atoms with van der Waals surface area (Å²) in [6.45, 7) is 9.23.